The Bertz CT molecular complexity index is 3180. The van der Waals surface area contributed by atoms with Crippen molar-refractivity contribution < 1.29 is 0 Å². The summed E-state index contributed by atoms with van der Waals surface area (Å²) in [4.78, 5) is 10.7. The van der Waals surface area contributed by atoms with Crippen molar-refractivity contribution in [1.82, 2.24) is 14.5 Å². The van der Waals surface area contributed by atoms with Gasteiger partial charge in [0.25, 0.3) is 0 Å². The first kappa shape index (κ1) is 29.1. The highest BCUT2D eigenvalue weighted by atomic mass is 32.1. The molecule has 4 heteroatoms. The Labute approximate surface area is 303 Å². The molecule has 0 amide bonds. The smallest absolute Gasteiger partial charge is 0.165 e. The predicted molar refractivity (Wildman–Crippen MR) is 221 cm³/mol. The quantitative estimate of drug-likeness (QED) is 0.185. The molecule has 11 aromatic rings. The largest absolute Gasteiger partial charge is 0.292 e. The third-order valence-electron chi connectivity index (χ3n) is 10.4. The standard InChI is InChI=1S/C48H29N3S/c1-3-13-30(14-4-1)32-17-11-18-33(29-32)46-48(50-40-23-9-8-22-39(40)49-46)51-41-24-10-7-19-37(41)44-35-26-28-43-45(36(35)25-27-42(44)51)38-21-12-20-34(47(38)52-43)31-15-5-2-6-16-31/h1-29H. The van der Waals surface area contributed by atoms with Crippen molar-refractivity contribution in [1.29, 1.82) is 0 Å². The van der Waals surface area contributed by atoms with E-state index in [-0.39, 0.29) is 0 Å². The lowest BCUT2D eigenvalue weighted by molar-refractivity contribution is 1.08. The van der Waals surface area contributed by atoms with Crippen LogP contribution in [0.2, 0.25) is 0 Å². The first-order chi connectivity index (χ1) is 25.8. The van der Waals surface area contributed by atoms with Gasteiger partial charge in [-0.3, -0.25) is 4.57 Å². The predicted octanol–water partition coefficient (Wildman–Crippen LogP) is 13.2. The van der Waals surface area contributed by atoms with Gasteiger partial charge < -0.3 is 0 Å². The molecule has 242 valence electrons. The molecule has 0 radical (unpaired) electrons. The van der Waals surface area contributed by atoms with E-state index in [4.69, 9.17) is 9.97 Å². The summed E-state index contributed by atoms with van der Waals surface area (Å²) in [5.74, 6) is 0.823. The van der Waals surface area contributed by atoms with Crippen LogP contribution in [0.5, 0.6) is 0 Å². The van der Waals surface area contributed by atoms with Gasteiger partial charge in [-0.25, -0.2) is 9.97 Å². The molecule has 0 saturated heterocycles. The monoisotopic (exact) mass is 679 g/mol. The van der Waals surface area contributed by atoms with E-state index in [1.54, 1.807) is 0 Å². The van der Waals surface area contributed by atoms with Crippen LogP contribution in [-0.2, 0) is 0 Å². The molecule has 0 aliphatic rings. The van der Waals surface area contributed by atoms with Crippen LogP contribution in [0.1, 0.15) is 0 Å². The fourth-order valence-electron chi connectivity index (χ4n) is 8.06. The van der Waals surface area contributed by atoms with Gasteiger partial charge in [0.15, 0.2) is 5.82 Å². The zero-order valence-electron chi connectivity index (χ0n) is 28.0. The van der Waals surface area contributed by atoms with Crippen LogP contribution in [0.4, 0.5) is 0 Å². The van der Waals surface area contributed by atoms with Crippen molar-refractivity contribution >= 4 is 75.1 Å². The molecule has 3 nitrogen and oxygen atoms in total. The molecule has 0 aliphatic carbocycles. The second-order valence-corrected chi connectivity index (χ2v) is 14.4. The molecule has 0 saturated carbocycles. The Morgan fingerprint density at radius 2 is 1.04 bits per heavy atom. The number of benzene rings is 8. The molecule has 0 bridgehead atoms. The first-order valence-electron chi connectivity index (χ1n) is 17.6. The average molecular weight is 680 g/mol. The fraction of sp³-hybridized carbons (Fsp3) is 0. The van der Waals surface area contributed by atoms with Crippen molar-refractivity contribution in [2.24, 2.45) is 0 Å². The van der Waals surface area contributed by atoms with Crippen LogP contribution in [0.3, 0.4) is 0 Å². The highest BCUT2D eigenvalue weighted by Crippen LogP contribution is 2.46. The van der Waals surface area contributed by atoms with Gasteiger partial charge in [0.2, 0.25) is 0 Å². The van der Waals surface area contributed by atoms with Gasteiger partial charge in [-0.15, -0.1) is 11.3 Å². The van der Waals surface area contributed by atoms with E-state index in [1.807, 2.05) is 23.5 Å². The maximum absolute atomic E-state index is 5.40. The summed E-state index contributed by atoms with van der Waals surface area (Å²) in [6.45, 7) is 0. The summed E-state index contributed by atoms with van der Waals surface area (Å²) >= 11 is 1.89. The number of rotatable bonds is 4. The number of aromatic nitrogens is 3. The highest BCUT2D eigenvalue weighted by molar-refractivity contribution is 7.26. The van der Waals surface area contributed by atoms with Crippen LogP contribution in [0, 0.1) is 0 Å². The van der Waals surface area contributed by atoms with E-state index in [9.17, 15) is 0 Å². The van der Waals surface area contributed by atoms with Gasteiger partial charge in [0, 0.05) is 36.5 Å². The van der Waals surface area contributed by atoms with Gasteiger partial charge in [0.1, 0.15) is 5.69 Å². The van der Waals surface area contributed by atoms with Gasteiger partial charge in [0.05, 0.1) is 22.1 Å². The molecule has 0 spiro atoms. The van der Waals surface area contributed by atoms with Crippen molar-refractivity contribution in [2.75, 3.05) is 0 Å². The molecular weight excluding hydrogens is 651 g/mol. The minimum Gasteiger partial charge on any atom is -0.292 e. The molecule has 3 aromatic heterocycles. The van der Waals surface area contributed by atoms with Gasteiger partial charge in [-0.1, -0.05) is 140 Å². The normalized spacial score (nSPS) is 11.8. The van der Waals surface area contributed by atoms with E-state index in [1.165, 1.54) is 58.4 Å². The van der Waals surface area contributed by atoms with E-state index in [0.717, 1.165) is 44.7 Å². The minimum absolute atomic E-state index is 0.823. The van der Waals surface area contributed by atoms with Crippen LogP contribution < -0.4 is 0 Å². The number of nitrogens with zero attached hydrogens (tertiary/aromatic N) is 3. The molecule has 11 rings (SSSR count). The molecule has 0 fully saturated rings. The van der Waals surface area contributed by atoms with Crippen LogP contribution >= 0.6 is 11.3 Å². The molecule has 8 aromatic carbocycles. The third-order valence-corrected chi connectivity index (χ3v) is 11.6. The Hall–Kier alpha value is -6.62. The lowest BCUT2D eigenvalue weighted by atomic mass is 9.98. The molecule has 52 heavy (non-hydrogen) atoms. The van der Waals surface area contributed by atoms with Crippen molar-refractivity contribution in [2.45, 2.75) is 0 Å². The number of hydrogen-bond donors (Lipinski definition) is 0. The topological polar surface area (TPSA) is 30.7 Å². The maximum Gasteiger partial charge on any atom is 0.165 e. The van der Waals surface area contributed by atoms with Crippen LogP contribution in [0.25, 0.3) is 103 Å². The lowest BCUT2D eigenvalue weighted by Gasteiger charge is -2.14. The van der Waals surface area contributed by atoms with Crippen molar-refractivity contribution in [3.63, 3.8) is 0 Å². The Balaban J connectivity index is 1.21. The number of thiophene rings is 1. The molecule has 0 N–H and O–H groups in total. The highest BCUT2D eigenvalue weighted by Gasteiger charge is 2.22. The molecule has 3 heterocycles. The van der Waals surface area contributed by atoms with Crippen LogP contribution in [-0.4, -0.2) is 14.5 Å². The van der Waals surface area contributed by atoms with Crippen molar-refractivity contribution in [3.05, 3.63) is 176 Å². The third kappa shape index (κ3) is 4.38. The van der Waals surface area contributed by atoms with Gasteiger partial charge in [-0.05, 0) is 69.4 Å². The lowest BCUT2D eigenvalue weighted by Crippen LogP contribution is -2.03. The second-order valence-electron chi connectivity index (χ2n) is 13.3. The second kappa shape index (κ2) is 11.5. The summed E-state index contributed by atoms with van der Waals surface area (Å²) in [7, 11) is 0. The maximum atomic E-state index is 5.40. The molecular formula is C48H29N3S. The van der Waals surface area contributed by atoms with Gasteiger partial charge >= 0.3 is 0 Å². The number of hydrogen-bond acceptors (Lipinski definition) is 3. The Kier molecular flexibility index (Phi) is 6.42. The fourth-order valence-corrected chi connectivity index (χ4v) is 9.31. The Morgan fingerprint density at radius 3 is 1.88 bits per heavy atom. The van der Waals surface area contributed by atoms with Gasteiger partial charge in [-0.2, -0.15) is 0 Å². The van der Waals surface area contributed by atoms with Crippen LogP contribution in [0.15, 0.2) is 176 Å². The SMILES string of the molecule is c1ccc(-c2cccc(-c3nc4ccccc4nc3-n3c4ccccc4c4c5ccc6sc7c(-c8ccccc8)cccc7c6c5ccc43)c2)cc1. The molecule has 0 unspecified atom stereocenters. The average Bonchev–Trinajstić information content (AvgIpc) is 3.77. The summed E-state index contributed by atoms with van der Waals surface area (Å²) in [6.07, 6.45) is 0. The number of fused-ring (bicyclic) bond motifs is 10. The molecule has 0 aliphatic heterocycles. The summed E-state index contributed by atoms with van der Waals surface area (Å²) in [6, 6.07) is 62.8. The summed E-state index contributed by atoms with van der Waals surface area (Å²) in [5, 5.41) is 7.56. The minimum atomic E-state index is 0.823. The first-order valence-corrected chi connectivity index (χ1v) is 18.4. The summed E-state index contributed by atoms with van der Waals surface area (Å²) in [5.41, 5.74) is 10.7. The zero-order valence-corrected chi connectivity index (χ0v) is 28.8. The van der Waals surface area contributed by atoms with E-state index < -0.39 is 0 Å². The molecule has 0 atom stereocenters. The van der Waals surface area contributed by atoms with E-state index in [2.05, 4.69) is 168 Å². The Morgan fingerprint density at radius 1 is 0.404 bits per heavy atom. The van der Waals surface area contributed by atoms with E-state index in [0.29, 0.717) is 0 Å². The van der Waals surface area contributed by atoms with E-state index >= 15 is 0 Å². The number of para-hydroxylation sites is 3. The zero-order chi connectivity index (χ0) is 34.2. The summed E-state index contributed by atoms with van der Waals surface area (Å²) < 4.78 is 4.96. The van der Waals surface area contributed by atoms with Crippen molar-refractivity contribution in [3.8, 4) is 39.3 Å².